The fourth-order valence-electron chi connectivity index (χ4n) is 1.28. The second kappa shape index (κ2) is 2.96. The van der Waals surface area contributed by atoms with Gasteiger partial charge in [-0.15, -0.1) is 4.91 Å². The zero-order valence-corrected chi connectivity index (χ0v) is 6.37. The molecule has 1 aliphatic rings. The topological polar surface area (TPSA) is 44.7 Å². The first-order valence-corrected chi connectivity index (χ1v) is 3.58. The van der Waals surface area contributed by atoms with Gasteiger partial charge < -0.3 is 5.32 Å². The summed E-state index contributed by atoms with van der Waals surface area (Å²) in [6, 6.07) is 0.475. The van der Waals surface area contributed by atoms with Gasteiger partial charge in [0.25, 0.3) is 0 Å². The number of nitroso groups, excluding NO2 is 1. The molecule has 1 saturated heterocycles. The molecule has 1 fully saturated rings. The predicted octanol–water partition coefficient (Wildman–Crippen LogP) is 0.350. The van der Waals surface area contributed by atoms with Crippen LogP contribution in [-0.4, -0.2) is 30.2 Å². The lowest BCUT2D eigenvalue weighted by Gasteiger charge is -2.34. The zero-order valence-electron chi connectivity index (χ0n) is 6.37. The Hall–Kier alpha value is -0.640. The van der Waals surface area contributed by atoms with Crippen LogP contribution in [0.25, 0.3) is 0 Å². The highest BCUT2D eigenvalue weighted by molar-refractivity contribution is 4.79. The quantitative estimate of drug-likeness (QED) is 0.539. The molecule has 1 heterocycles. The van der Waals surface area contributed by atoms with Crippen molar-refractivity contribution in [2.24, 2.45) is 5.29 Å². The zero-order chi connectivity index (χ0) is 7.56. The third-order valence-electron chi connectivity index (χ3n) is 1.88. The SMILES string of the molecule is CC1CNCC(C)N1N=O. The van der Waals surface area contributed by atoms with Gasteiger partial charge in [-0.3, -0.25) is 5.01 Å². The van der Waals surface area contributed by atoms with Crippen molar-refractivity contribution in [1.29, 1.82) is 0 Å². The van der Waals surface area contributed by atoms with Crippen LogP contribution in [0.5, 0.6) is 0 Å². The fraction of sp³-hybridized carbons (Fsp3) is 1.00. The molecule has 0 aliphatic carbocycles. The predicted molar refractivity (Wildman–Crippen MR) is 39.4 cm³/mol. The van der Waals surface area contributed by atoms with Crippen LogP contribution < -0.4 is 5.32 Å². The highest BCUT2D eigenvalue weighted by Crippen LogP contribution is 2.08. The Morgan fingerprint density at radius 2 is 1.90 bits per heavy atom. The molecular weight excluding hydrogens is 130 g/mol. The summed E-state index contributed by atoms with van der Waals surface area (Å²) in [5, 5.41) is 7.77. The summed E-state index contributed by atoms with van der Waals surface area (Å²) in [7, 11) is 0. The minimum absolute atomic E-state index is 0.237. The van der Waals surface area contributed by atoms with Crippen molar-refractivity contribution in [3.05, 3.63) is 4.91 Å². The van der Waals surface area contributed by atoms with Crippen LogP contribution in [0.2, 0.25) is 0 Å². The van der Waals surface area contributed by atoms with Crippen LogP contribution in [0.4, 0.5) is 0 Å². The Morgan fingerprint density at radius 3 is 2.20 bits per heavy atom. The first kappa shape index (κ1) is 7.47. The molecule has 0 aromatic heterocycles. The normalized spacial score (nSPS) is 34.0. The third kappa shape index (κ3) is 1.26. The van der Waals surface area contributed by atoms with Gasteiger partial charge in [-0.2, -0.15) is 0 Å². The van der Waals surface area contributed by atoms with E-state index in [1.165, 1.54) is 0 Å². The Balaban J connectivity index is 2.53. The van der Waals surface area contributed by atoms with Gasteiger partial charge in [-0.25, -0.2) is 0 Å². The lowest BCUT2D eigenvalue weighted by Crippen LogP contribution is -2.52. The summed E-state index contributed by atoms with van der Waals surface area (Å²) < 4.78 is 0. The van der Waals surface area contributed by atoms with Gasteiger partial charge in [0.05, 0.1) is 17.4 Å². The summed E-state index contributed by atoms with van der Waals surface area (Å²) in [6.07, 6.45) is 0. The largest absolute Gasteiger partial charge is 0.313 e. The Bertz CT molecular complexity index is 118. The average molecular weight is 143 g/mol. The molecule has 0 aromatic carbocycles. The molecule has 1 N–H and O–H groups in total. The summed E-state index contributed by atoms with van der Waals surface area (Å²) in [5.74, 6) is 0. The molecule has 0 amide bonds. The minimum Gasteiger partial charge on any atom is -0.313 e. The van der Waals surface area contributed by atoms with Crippen molar-refractivity contribution in [3.8, 4) is 0 Å². The lowest BCUT2D eigenvalue weighted by molar-refractivity contribution is 0.120. The third-order valence-corrected chi connectivity index (χ3v) is 1.88. The smallest absolute Gasteiger partial charge is 0.0602 e. The molecule has 4 heteroatoms. The van der Waals surface area contributed by atoms with Crippen LogP contribution in [-0.2, 0) is 0 Å². The Labute approximate surface area is 60.5 Å². The van der Waals surface area contributed by atoms with E-state index in [1.54, 1.807) is 5.01 Å². The van der Waals surface area contributed by atoms with Gasteiger partial charge in [-0.1, -0.05) is 0 Å². The van der Waals surface area contributed by atoms with E-state index in [9.17, 15) is 4.91 Å². The summed E-state index contributed by atoms with van der Waals surface area (Å²) in [4.78, 5) is 10.2. The number of piperazine rings is 1. The molecule has 0 saturated carbocycles. The van der Waals surface area contributed by atoms with Crippen LogP contribution in [0.15, 0.2) is 5.29 Å². The van der Waals surface area contributed by atoms with Gasteiger partial charge in [0.15, 0.2) is 0 Å². The molecule has 2 unspecified atom stereocenters. The molecule has 1 rings (SSSR count). The minimum atomic E-state index is 0.237. The first-order valence-electron chi connectivity index (χ1n) is 3.58. The van der Waals surface area contributed by atoms with Crippen molar-refractivity contribution in [2.75, 3.05) is 13.1 Å². The van der Waals surface area contributed by atoms with Crippen molar-refractivity contribution < 1.29 is 0 Å². The molecule has 4 nitrogen and oxygen atoms in total. The van der Waals surface area contributed by atoms with Gasteiger partial charge in [-0.05, 0) is 13.8 Å². The van der Waals surface area contributed by atoms with Crippen LogP contribution in [0.3, 0.4) is 0 Å². The van der Waals surface area contributed by atoms with Gasteiger partial charge >= 0.3 is 0 Å². The molecule has 0 spiro atoms. The highest BCUT2D eigenvalue weighted by atomic mass is 16.3. The van der Waals surface area contributed by atoms with E-state index < -0.39 is 0 Å². The van der Waals surface area contributed by atoms with Crippen LogP contribution in [0.1, 0.15) is 13.8 Å². The van der Waals surface area contributed by atoms with Crippen molar-refractivity contribution in [2.45, 2.75) is 25.9 Å². The maximum absolute atomic E-state index is 10.2. The lowest BCUT2D eigenvalue weighted by atomic mass is 10.2. The first-order chi connectivity index (χ1) is 4.75. The fourth-order valence-corrected chi connectivity index (χ4v) is 1.28. The van der Waals surface area contributed by atoms with E-state index >= 15 is 0 Å². The molecule has 0 aromatic rings. The summed E-state index contributed by atoms with van der Waals surface area (Å²) >= 11 is 0. The van der Waals surface area contributed by atoms with Crippen molar-refractivity contribution in [1.82, 2.24) is 10.3 Å². The number of nitrogens with zero attached hydrogens (tertiary/aromatic N) is 2. The van der Waals surface area contributed by atoms with Crippen molar-refractivity contribution >= 4 is 0 Å². The molecule has 2 atom stereocenters. The van der Waals surface area contributed by atoms with E-state index in [0.717, 1.165) is 13.1 Å². The second-order valence-electron chi connectivity index (χ2n) is 2.82. The molecule has 1 aliphatic heterocycles. The average Bonchev–Trinajstić information content (AvgIpc) is 1.88. The Kier molecular flexibility index (Phi) is 2.21. The molecule has 0 radical (unpaired) electrons. The van der Waals surface area contributed by atoms with E-state index in [0.29, 0.717) is 0 Å². The summed E-state index contributed by atoms with van der Waals surface area (Å²) in [6.45, 7) is 5.69. The second-order valence-corrected chi connectivity index (χ2v) is 2.82. The monoisotopic (exact) mass is 143 g/mol. The number of hydrogen-bond acceptors (Lipinski definition) is 3. The van der Waals surface area contributed by atoms with Gasteiger partial charge in [0, 0.05) is 13.1 Å². The summed E-state index contributed by atoms with van der Waals surface area (Å²) in [5.41, 5.74) is 0. The number of hydrogen-bond donors (Lipinski definition) is 1. The van der Waals surface area contributed by atoms with E-state index in [2.05, 4.69) is 10.6 Å². The van der Waals surface area contributed by atoms with E-state index in [-0.39, 0.29) is 12.1 Å². The van der Waals surface area contributed by atoms with Crippen LogP contribution in [0, 0.1) is 4.91 Å². The molecule has 58 valence electrons. The molecular formula is C6H13N3O. The molecule has 0 bridgehead atoms. The van der Waals surface area contributed by atoms with Gasteiger partial charge in [0.2, 0.25) is 0 Å². The van der Waals surface area contributed by atoms with E-state index in [4.69, 9.17) is 0 Å². The molecule has 10 heavy (non-hydrogen) atoms. The van der Waals surface area contributed by atoms with Gasteiger partial charge in [0.1, 0.15) is 0 Å². The number of rotatable bonds is 1. The van der Waals surface area contributed by atoms with Crippen LogP contribution >= 0.6 is 0 Å². The van der Waals surface area contributed by atoms with Crippen molar-refractivity contribution in [3.63, 3.8) is 0 Å². The maximum atomic E-state index is 10.2. The Morgan fingerprint density at radius 1 is 1.40 bits per heavy atom. The number of nitrogens with one attached hydrogen (secondary N) is 1. The standard InChI is InChI=1S/C6H13N3O/c1-5-3-7-4-6(2)9(5)8-10/h5-7H,3-4H2,1-2H3. The highest BCUT2D eigenvalue weighted by Gasteiger charge is 2.23. The maximum Gasteiger partial charge on any atom is 0.0602 e. The van der Waals surface area contributed by atoms with E-state index in [1.807, 2.05) is 13.8 Å².